The molecule has 0 spiro atoms. The van der Waals surface area contributed by atoms with E-state index < -0.39 is 11.7 Å². The molecule has 0 atom stereocenters. The van der Waals surface area contributed by atoms with Crippen molar-refractivity contribution >= 4 is 35.0 Å². The fourth-order valence-electron chi connectivity index (χ4n) is 3.21. The number of aromatic nitrogens is 3. The number of methoxy groups -OCH3 is 1. The zero-order chi connectivity index (χ0) is 23.6. The molecule has 4 nitrogen and oxygen atoms in total. The van der Waals surface area contributed by atoms with E-state index in [1.165, 1.54) is 12.1 Å². The lowest BCUT2D eigenvalue weighted by molar-refractivity contribution is -0.138. The number of halogens is 5. The topological polar surface area (TPSA) is 39.9 Å². The molecule has 0 saturated heterocycles. The summed E-state index contributed by atoms with van der Waals surface area (Å²) < 4.78 is 47.2. The van der Waals surface area contributed by atoms with E-state index >= 15 is 0 Å². The number of thioether (sulfide) groups is 1. The molecule has 0 aliphatic carbocycles. The normalized spacial score (nSPS) is 11.6. The van der Waals surface area contributed by atoms with Crippen LogP contribution in [-0.4, -0.2) is 21.9 Å². The number of hydrogen-bond acceptors (Lipinski definition) is 4. The Morgan fingerprint density at radius 2 is 1.67 bits per heavy atom. The van der Waals surface area contributed by atoms with E-state index in [2.05, 4.69) is 10.2 Å². The van der Waals surface area contributed by atoms with Crippen LogP contribution in [0.15, 0.2) is 71.9 Å². The maximum atomic E-state index is 13.4. The van der Waals surface area contributed by atoms with Gasteiger partial charge in [0.25, 0.3) is 0 Å². The molecule has 4 rings (SSSR count). The van der Waals surface area contributed by atoms with Gasteiger partial charge in [-0.1, -0.05) is 53.2 Å². The average Bonchev–Trinajstić information content (AvgIpc) is 3.23. The Kier molecular flexibility index (Phi) is 6.88. The third-order valence-electron chi connectivity index (χ3n) is 4.82. The maximum absolute atomic E-state index is 13.4. The first kappa shape index (κ1) is 23.5. The summed E-state index contributed by atoms with van der Waals surface area (Å²) in [5.41, 5.74) is 0.863. The number of alkyl halides is 3. The SMILES string of the molecule is COc1ccc(-c2nnc(SCc3ccccc3C(F)(F)F)n2-c2ccc(Cl)c(Cl)c2)cc1. The molecule has 10 heteroatoms. The Morgan fingerprint density at radius 3 is 2.33 bits per heavy atom. The van der Waals surface area contributed by atoms with Crippen LogP contribution in [0.2, 0.25) is 10.0 Å². The van der Waals surface area contributed by atoms with E-state index in [9.17, 15) is 13.2 Å². The largest absolute Gasteiger partial charge is 0.497 e. The molecule has 0 amide bonds. The zero-order valence-corrected chi connectivity index (χ0v) is 19.4. The van der Waals surface area contributed by atoms with Gasteiger partial charge in [0, 0.05) is 11.3 Å². The highest BCUT2D eigenvalue weighted by Crippen LogP contribution is 2.36. The van der Waals surface area contributed by atoms with Gasteiger partial charge in [-0.3, -0.25) is 4.57 Å². The van der Waals surface area contributed by atoms with Crippen LogP contribution >= 0.6 is 35.0 Å². The second-order valence-electron chi connectivity index (χ2n) is 6.91. The molecular weight excluding hydrogens is 494 g/mol. The molecule has 4 aromatic rings. The van der Waals surface area contributed by atoms with Crippen molar-refractivity contribution in [3.63, 3.8) is 0 Å². The summed E-state index contributed by atoms with van der Waals surface area (Å²) in [6, 6.07) is 17.8. The predicted molar refractivity (Wildman–Crippen MR) is 124 cm³/mol. The maximum Gasteiger partial charge on any atom is 0.416 e. The molecule has 1 aromatic heterocycles. The van der Waals surface area contributed by atoms with Crippen LogP contribution in [0, 0.1) is 0 Å². The molecule has 0 aliphatic rings. The molecule has 0 fully saturated rings. The fraction of sp³-hybridized carbons (Fsp3) is 0.130. The van der Waals surface area contributed by atoms with Crippen LogP contribution in [0.3, 0.4) is 0 Å². The van der Waals surface area contributed by atoms with Crippen LogP contribution in [0.1, 0.15) is 11.1 Å². The van der Waals surface area contributed by atoms with Crippen molar-refractivity contribution in [3.05, 3.63) is 87.9 Å². The molecule has 0 radical (unpaired) electrons. The van der Waals surface area contributed by atoms with Crippen LogP contribution in [-0.2, 0) is 11.9 Å². The van der Waals surface area contributed by atoms with E-state index in [1.807, 2.05) is 12.1 Å². The molecule has 0 aliphatic heterocycles. The Morgan fingerprint density at radius 1 is 0.939 bits per heavy atom. The minimum atomic E-state index is -4.44. The van der Waals surface area contributed by atoms with E-state index in [0.717, 1.165) is 23.4 Å². The minimum absolute atomic E-state index is 0.0533. The third kappa shape index (κ3) is 5.13. The number of nitrogens with zero attached hydrogens (tertiary/aromatic N) is 3. The van der Waals surface area contributed by atoms with Gasteiger partial charge in [-0.2, -0.15) is 13.2 Å². The van der Waals surface area contributed by atoms with Gasteiger partial charge in [0.1, 0.15) is 5.75 Å². The predicted octanol–water partition coefficient (Wildman–Crippen LogP) is 7.56. The van der Waals surface area contributed by atoms with Crippen molar-refractivity contribution in [2.24, 2.45) is 0 Å². The first-order valence-electron chi connectivity index (χ1n) is 9.61. The molecule has 0 N–H and O–H groups in total. The highest BCUT2D eigenvalue weighted by atomic mass is 35.5. The van der Waals surface area contributed by atoms with Gasteiger partial charge in [0.05, 0.1) is 28.4 Å². The van der Waals surface area contributed by atoms with Gasteiger partial charge < -0.3 is 4.74 Å². The number of ether oxygens (including phenoxy) is 1. The zero-order valence-electron chi connectivity index (χ0n) is 17.1. The van der Waals surface area contributed by atoms with Crippen molar-refractivity contribution < 1.29 is 17.9 Å². The van der Waals surface area contributed by atoms with Gasteiger partial charge in [0.15, 0.2) is 11.0 Å². The Hall–Kier alpha value is -2.68. The second kappa shape index (κ2) is 9.67. The molecule has 33 heavy (non-hydrogen) atoms. The lowest BCUT2D eigenvalue weighted by Gasteiger charge is -2.14. The molecule has 0 saturated carbocycles. The van der Waals surface area contributed by atoms with Crippen molar-refractivity contribution in [3.8, 4) is 22.8 Å². The first-order chi connectivity index (χ1) is 15.8. The molecule has 0 bridgehead atoms. The van der Waals surface area contributed by atoms with Gasteiger partial charge in [-0.15, -0.1) is 10.2 Å². The monoisotopic (exact) mass is 509 g/mol. The summed E-state index contributed by atoms with van der Waals surface area (Å²) in [6.07, 6.45) is -4.44. The molecule has 1 heterocycles. The summed E-state index contributed by atoms with van der Waals surface area (Å²) in [4.78, 5) is 0. The Labute approximate surface area is 202 Å². The highest BCUT2D eigenvalue weighted by molar-refractivity contribution is 7.98. The highest BCUT2D eigenvalue weighted by Gasteiger charge is 2.33. The van der Waals surface area contributed by atoms with Gasteiger partial charge in [-0.25, -0.2) is 0 Å². The fourth-order valence-corrected chi connectivity index (χ4v) is 4.46. The summed E-state index contributed by atoms with van der Waals surface area (Å²) in [6.45, 7) is 0. The van der Waals surface area contributed by atoms with Crippen LogP contribution in [0.4, 0.5) is 13.2 Å². The standard InChI is InChI=1S/C23H16Cl2F3N3OS/c1-32-17-9-6-14(7-10-17)21-29-30-22(31(21)16-8-11-19(24)20(25)12-16)33-13-15-4-2-3-5-18(15)23(26,27)28/h2-12H,13H2,1H3. The minimum Gasteiger partial charge on any atom is -0.497 e. The van der Waals surface area contributed by atoms with Crippen LogP contribution in [0.5, 0.6) is 5.75 Å². The van der Waals surface area contributed by atoms with Crippen molar-refractivity contribution in [1.29, 1.82) is 0 Å². The molecule has 3 aromatic carbocycles. The quantitative estimate of drug-likeness (QED) is 0.251. The lowest BCUT2D eigenvalue weighted by atomic mass is 10.1. The Bertz CT molecular complexity index is 1280. The van der Waals surface area contributed by atoms with E-state index in [-0.39, 0.29) is 11.3 Å². The number of hydrogen-bond donors (Lipinski definition) is 0. The van der Waals surface area contributed by atoms with Crippen molar-refractivity contribution in [1.82, 2.24) is 14.8 Å². The van der Waals surface area contributed by atoms with Crippen LogP contribution < -0.4 is 4.74 Å². The summed E-state index contributed by atoms with van der Waals surface area (Å²) >= 11 is 13.5. The van der Waals surface area contributed by atoms with Gasteiger partial charge in [0.2, 0.25) is 0 Å². The van der Waals surface area contributed by atoms with Crippen LogP contribution in [0.25, 0.3) is 17.1 Å². The summed E-state index contributed by atoms with van der Waals surface area (Å²) in [7, 11) is 1.57. The van der Waals surface area contributed by atoms with Crippen molar-refractivity contribution in [2.75, 3.05) is 7.11 Å². The van der Waals surface area contributed by atoms with E-state index in [4.69, 9.17) is 27.9 Å². The molecule has 170 valence electrons. The first-order valence-corrected chi connectivity index (χ1v) is 11.3. The number of benzene rings is 3. The van der Waals surface area contributed by atoms with Crippen molar-refractivity contribution in [2.45, 2.75) is 17.1 Å². The smallest absolute Gasteiger partial charge is 0.416 e. The van der Waals surface area contributed by atoms with Gasteiger partial charge >= 0.3 is 6.18 Å². The lowest BCUT2D eigenvalue weighted by Crippen LogP contribution is -2.08. The average molecular weight is 510 g/mol. The summed E-state index contributed by atoms with van der Waals surface area (Å²) in [5.74, 6) is 1.23. The Balaban J connectivity index is 1.76. The van der Waals surface area contributed by atoms with E-state index in [1.54, 1.807) is 48.1 Å². The van der Waals surface area contributed by atoms with E-state index in [0.29, 0.717) is 32.5 Å². The third-order valence-corrected chi connectivity index (χ3v) is 6.54. The summed E-state index contributed by atoms with van der Waals surface area (Å²) in [5, 5.41) is 9.70. The van der Waals surface area contributed by atoms with Gasteiger partial charge in [-0.05, 0) is 54.1 Å². The second-order valence-corrected chi connectivity index (χ2v) is 8.67. The molecular formula is C23H16Cl2F3N3OS. The molecule has 0 unspecified atom stereocenters. The number of rotatable bonds is 6.